The SMILES string of the molecule is OCc1cc2cc(c1)-c1cnn3ccc(nc13)NCCNCCO2. The molecule has 1 aliphatic heterocycles. The van der Waals surface area contributed by atoms with Crippen LogP contribution in [0.1, 0.15) is 5.56 Å². The third-order valence-electron chi connectivity index (χ3n) is 3.98. The third-order valence-corrected chi connectivity index (χ3v) is 3.98. The van der Waals surface area contributed by atoms with E-state index in [9.17, 15) is 5.11 Å². The number of aromatic nitrogens is 3. The van der Waals surface area contributed by atoms with E-state index in [1.54, 1.807) is 10.7 Å². The molecule has 4 bridgehead atoms. The summed E-state index contributed by atoms with van der Waals surface area (Å²) in [6.07, 6.45) is 3.68. The average Bonchev–Trinajstić information content (AvgIpc) is 3.03. The van der Waals surface area contributed by atoms with Gasteiger partial charge in [-0.15, -0.1) is 0 Å². The third kappa shape index (κ3) is 2.91. The van der Waals surface area contributed by atoms with Crippen LogP contribution in [0.4, 0.5) is 5.82 Å². The van der Waals surface area contributed by atoms with E-state index in [0.29, 0.717) is 6.61 Å². The van der Waals surface area contributed by atoms with Crippen molar-refractivity contribution in [2.75, 3.05) is 31.6 Å². The number of aliphatic hydroxyl groups is 1. The van der Waals surface area contributed by atoms with Gasteiger partial charge in [-0.3, -0.25) is 0 Å². The van der Waals surface area contributed by atoms with Gasteiger partial charge in [0.05, 0.1) is 12.8 Å². The van der Waals surface area contributed by atoms with Crippen LogP contribution < -0.4 is 15.4 Å². The second-order valence-corrected chi connectivity index (χ2v) is 5.69. The van der Waals surface area contributed by atoms with Crippen LogP contribution in [0.3, 0.4) is 0 Å². The van der Waals surface area contributed by atoms with Gasteiger partial charge in [-0.2, -0.15) is 5.10 Å². The molecule has 1 aliphatic rings. The highest BCUT2D eigenvalue weighted by Crippen LogP contribution is 2.29. The fourth-order valence-electron chi connectivity index (χ4n) is 2.81. The van der Waals surface area contributed by atoms with E-state index in [4.69, 9.17) is 4.74 Å². The Balaban J connectivity index is 1.86. The van der Waals surface area contributed by atoms with Gasteiger partial charge in [-0.05, 0) is 35.4 Å². The van der Waals surface area contributed by atoms with Gasteiger partial charge in [-0.1, -0.05) is 0 Å². The lowest BCUT2D eigenvalue weighted by atomic mass is 10.1. The Labute approximate surface area is 139 Å². The first-order chi connectivity index (χ1) is 11.8. The number of hydrogen-bond acceptors (Lipinski definition) is 6. The van der Waals surface area contributed by atoms with Crippen LogP contribution in [0.2, 0.25) is 0 Å². The summed E-state index contributed by atoms with van der Waals surface area (Å²) in [6.45, 7) is 2.89. The minimum Gasteiger partial charge on any atom is -0.492 e. The number of nitrogens with zero attached hydrogens (tertiary/aromatic N) is 3. The molecule has 3 aromatic rings. The molecule has 1 aromatic carbocycles. The molecule has 7 nitrogen and oxygen atoms in total. The zero-order chi connectivity index (χ0) is 16.4. The van der Waals surface area contributed by atoms with Crippen LogP contribution in [0.5, 0.6) is 5.75 Å². The summed E-state index contributed by atoms with van der Waals surface area (Å²) in [5.41, 5.74) is 3.41. The number of aliphatic hydroxyl groups excluding tert-OH is 1. The molecule has 0 saturated heterocycles. The number of anilines is 1. The van der Waals surface area contributed by atoms with Crippen LogP contribution in [0.25, 0.3) is 16.8 Å². The number of rotatable bonds is 1. The maximum atomic E-state index is 9.55. The number of benzene rings is 1. The summed E-state index contributed by atoms with van der Waals surface area (Å²) in [6, 6.07) is 7.68. The van der Waals surface area contributed by atoms with Gasteiger partial charge in [-0.25, -0.2) is 9.50 Å². The van der Waals surface area contributed by atoms with Gasteiger partial charge in [0.1, 0.15) is 18.2 Å². The van der Waals surface area contributed by atoms with E-state index in [1.165, 1.54) is 0 Å². The zero-order valence-corrected chi connectivity index (χ0v) is 13.2. The topological polar surface area (TPSA) is 83.7 Å². The largest absolute Gasteiger partial charge is 0.492 e. The van der Waals surface area contributed by atoms with Crippen molar-refractivity contribution in [3.05, 3.63) is 42.2 Å². The van der Waals surface area contributed by atoms with E-state index in [2.05, 4.69) is 20.7 Å². The van der Waals surface area contributed by atoms with Gasteiger partial charge in [0.15, 0.2) is 5.65 Å². The lowest BCUT2D eigenvalue weighted by Gasteiger charge is -2.12. The van der Waals surface area contributed by atoms with Gasteiger partial charge < -0.3 is 20.5 Å². The molecule has 0 aliphatic carbocycles. The molecule has 3 N–H and O–H groups in total. The van der Waals surface area contributed by atoms with Gasteiger partial charge in [0.2, 0.25) is 0 Å². The van der Waals surface area contributed by atoms with Crippen molar-refractivity contribution < 1.29 is 9.84 Å². The zero-order valence-electron chi connectivity index (χ0n) is 13.2. The van der Waals surface area contributed by atoms with Crippen LogP contribution in [-0.2, 0) is 6.61 Å². The summed E-state index contributed by atoms with van der Waals surface area (Å²) in [5, 5.41) is 20.5. The molecular formula is C17H19N5O2. The maximum Gasteiger partial charge on any atom is 0.165 e. The molecule has 3 heterocycles. The minimum absolute atomic E-state index is 0.0398. The fourth-order valence-corrected chi connectivity index (χ4v) is 2.81. The minimum atomic E-state index is -0.0398. The highest BCUT2D eigenvalue weighted by atomic mass is 16.5. The van der Waals surface area contributed by atoms with Crippen molar-refractivity contribution in [2.45, 2.75) is 6.61 Å². The summed E-state index contributed by atoms with van der Waals surface area (Å²) >= 11 is 0. The predicted octanol–water partition coefficient (Wildman–Crippen LogP) is 1.28. The Kier molecular flexibility index (Phi) is 4.02. The Morgan fingerprint density at radius 2 is 2.17 bits per heavy atom. The van der Waals surface area contributed by atoms with E-state index in [1.807, 2.05) is 30.5 Å². The summed E-state index contributed by atoms with van der Waals surface area (Å²) in [4.78, 5) is 4.67. The molecule has 0 radical (unpaired) electrons. The molecule has 0 unspecified atom stereocenters. The van der Waals surface area contributed by atoms with Gasteiger partial charge >= 0.3 is 0 Å². The van der Waals surface area contributed by atoms with Crippen molar-refractivity contribution >= 4 is 11.5 Å². The van der Waals surface area contributed by atoms with Crippen LogP contribution >= 0.6 is 0 Å². The molecule has 7 heteroatoms. The highest BCUT2D eigenvalue weighted by molar-refractivity contribution is 5.78. The number of fused-ring (bicyclic) bond motifs is 4. The molecule has 2 aromatic heterocycles. The van der Waals surface area contributed by atoms with Crippen LogP contribution in [0.15, 0.2) is 36.7 Å². The monoisotopic (exact) mass is 325 g/mol. The first kappa shape index (κ1) is 14.9. The standard InChI is InChI=1S/C17H19N5O2/c23-11-12-7-13-9-14(8-12)24-6-4-18-2-3-19-16-1-5-22-17(21-16)15(13)10-20-22/h1,5,7-10,18,23H,2-4,6,11H2,(H,19,21). The molecule has 4 rings (SSSR count). The number of hydrogen-bond donors (Lipinski definition) is 3. The molecule has 0 fully saturated rings. The van der Waals surface area contributed by atoms with Crippen molar-refractivity contribution in [2.24, 2.45) is 0 Å². The second kappa shape index (κ2) is 6.46. The van der Waals surface area contributed by atoms with Gasteiger partial charge in [0, 0.05) is 31.4 Å². The Morgan fingerprint density at radius 3 is 3.08 bits per heavy atom. The second-order valence-electron chi connectivity index (χ2n) is 5.69. The summed E-state index contributed by atoms with van der Waals surface area (Å²) in [5.74, 6) is 1.56. The molecule has 24 heavy (non-hydrogen) atoms. The quantitative estimate of drug-likeness (QED) is 0.625. The Hall–Kier alpha value is -2.64. The van der Waals surface area contributed by atoms with Crippen molar-refractivity contribution in [1.82, 2.24) is 19.9 Å². The molecule has 0 saturated carbocycles. The van der Waals surface area contributed by atoms with Crippen LogP contribution in [-0.4, -0.2) is 45.9 Å². The average molecular weight is 325 g/mol. The first-order valence-electron chi connectivity index (χ1n) is 8.00. The van der Waals surface area contributed by atoms with E-state index in [-0.39, 0.29) is 6.61 Å². The number of nitrogens with one attached hydrogen (secondary N) is 2. The number of ether oxygens (including phenoxy) is 1. The van der Waals surface area contributed by atoms with Crippen molar-refractivity contribution in [3.63, 3.8) is 0 Å². The maximum absolute atomic E-state index is 9.55. The Bertz CT molecular complexity index is 861. The molecule has 0 spiro atoms. The smallest absolute Gasteiger partial charge is 0.165 e. The normalized spacial score (nSPS) is 14.9. The predicted molar refractivity (Wildman–Crippen MR) is 91.2 cm³/mol. The lowest BCUT2D eigenvalue weighted by Crippen LogP contribution is -2.26. The lowest BCUT2D eigenvalue weighted by molar-refractivity contribution is 0.279. The summed E-state index contributed by atoms with van der Waals surface area (Å²) < 4.78 is 7.57. The Morgan fingerprint density at radius 1 is 1.21 bits per heavy atom. The van der Waals surface area contributed by atoms with Gasteiger partial charge in [0.25, 0.3) is 0 Å². The van der Waals surface area contributed by atoms with E-state index < -0.39 is 0 Å². The van der Waals surface area contributed by atoms with Crippen molar-refractivity contribution in [1.29, 1.82) is 0 Å². The highest BCUT2D eigenvalue weighted by Gasteiger charge is 2.12. The summed E-state index contributed by atoms with van der Waals surface area (Å²) in [7, 11) is 0. The molecular weight excluding hydrogens is 306 g/mol. The first-order valence-corrected chi connectivity index (χ1v) is 8.00. The fraction of sp³-hybridized carbons (Fsp3) is 0.294. The van der Waals surface area contributed by atoms with Crippen molar-refractivity contribution in [3.8, 4) is 16.9 Å². The molecule has 0 atom stereocenters. The molecule has 124 valence electrons. The van der Waals surface area contributed by atoms with E-state index in [0.717, 1.165) is 53.5 Å². The molecule has 0 amide bonds. The van der Waals surface area contributed by atoms with E-state index >= 15 is 0 Å². The van der Waals surface area contributed by atoms with Crippen LogP contribution in [0, 0.1) is 0 Å².